The van der Waals surface area contributed by atoms with Crippen LogP contribution in [0.1, 0.15) is 51.0 Å². The molecule has 1 saturated heterocycles. The van der Waals surface area contributed by atoms with Crippen LogP contribution in [0, 0.1) is 0 Å². The first-order chi connectivity index (χ1) is 12.6. The Labute approximate surface area is 156 Å². The lowest BCUT2D eigenvalue weighted by Gasteiger charge is -2.39. The topological polar surface area (TPSA) is 39.3 Å². The van der Waals surface area contributed by atoms with E-state index in [-0.39, 0.29) is 5.91 Å². The molecule has 1 aromatic carbocycles. The van der Waals surface area contributed by atoms with Crippen molar-refractivity contribution in [1.82, 2.24) is 14.8 Å². The van der Waals surface area contributed by atoms with Gasteiger partial charge in [0.05, 0.1) is 6.42 Å². The predicted octanol–water partition coefficient (Wildman–Crippen LogP) is 3.97. The molecule has 1 aliphatic carbocycles. The van der Waals surface area contributed by atoms with E-state index in [0.717, 1.165) is 30.6 Å². The Morgan fingerprint density at radius 3 is 2.81 bits per heavy atom. The van der Waals surface area contributed by atoms with Crippen LogP contribution in [0.5, 0.6) is 0 Å². The lowest BCUT2D eigenvalue weighted by Crippen LogP contribution is -2.42. The van der Waals surface area contributed by atoms with E-state index in [1.54, 1.807) is 0 Å². The van der Waals surface area contributed by atoms with Gasteiger partial charge in [-0.2, -0.15) is 0 Å². The fraction of sp³-hybridized carbons (Fsp3) is 0.591. The number of hydrogen-bond acceptors (Lipinski definition) is 2. The highest BCUT2D eigenvalue weighted by molar-refractivity contribution is 5.89. The van der Waals surface area contributed by atoms with Gasteiger partial charge in [-0.1, -0.05) is 37.5 Å². The summed E-state index contributed by atoms with van der Waals surface area (Å²) in [4.78, 5) is 21.1. The van der Waals surface area contributed by atoms with E-state index in [4.69, 9.17) is 0 Å². The first-order valence-corrected chi connectivity index (χ1v) is 10.2. The number of carbonyl (C=O) groups is 1. The van der Waals surface area contributed by atoms with E-state index >= 15 is 0 Å². The zero-order chi connectivity index (χ0) is 18.1. The third-order valence-corrected chi connectivity index (χ3v) is 6.81. The first-order valence-electron chi connectivity index (χ1n) is 10.2. The van der Waals surface area contributed by atoms with Crippen molar-refractivity contribution in [2.24, 2.45) is 0 Å². The smallest absolute Gasteiger partial charge is 0.227 e. The molecule has 1 aromatic heterocycles. The highest BCUT2D eigenvalue weighted by Crippen LogP contribution is 2.42. The Kier molecular flexibility index (Phi) is 4.78. The van der Waals surface area contributed by atoms with Crippen LogP contribution >= 0.6 is 0 Å². The molecule has 1 N–H and O–H groups in total. The molecule has 1 aliphatic heterocycles. The summed E-state index contributed by atoms with van der Waals surface area (Å²) in [5.41, 5.74) is 2.57. The van der Waals surface area contributed by atoms with Gasteiger partial charge in [-0.3, -0.25) is 9.69 Å². The van der Waals surface area contributed by atoms with Crippen molar-refractivity contribution >= 4 is 16.8 Å². The molecule has 4 rings (SSSR count). The summed E-state index contributed by atoms with van der Waals surface area (Å²) in [6, 6.07) is 8.60. The zero-order valence-electron chi connectivity index (χ0n) is 16.1. The minimum Gasteiger partial charge on any atom is -0.361 e. The maximum Gasteiger partial charge on any atom is 0.227 e. The number of rotatable bonds is 4. The summed E-state index contributed by atoms with van der Waals surface area (Å²) in [6.45, 7) is 3.95. The number of hydrogen-bond donors (Lipinski definition) is 1. The first kappa shape index (κ1) is 17.6. The van der Waals surface area contributed by atoms with Gasteiger partial charge in [0.25, 0.3) is 0 Å². The Morgan fingerprint density at radius 2 is 2.04 bits per heavy atom. The van der Waals surface area contributed by atoms with Crippen LogP contribution in [0.2, 0.25) is 0 Å². The van der Waals surface area contributed by atoms with Crippen molar-refractivity contribution in [3.63, 3.8) is 0 Å². The van der Waals surface area contributed by atoms with Gasteiger partial charge in [0.2, 0.25) is 5.91 Å². The summed E-state index contributed by atoms with van der Waals surface area (Å²) in [5.74, 6) is 0.267. The standard InChI is InChI=1S/C22H31N3O/c1-3-25(18-14-22(24(2)16-18)11-7-4-8-12-22)21(26)13-17-15-23-20-10-6-5-9-19(17)20/h5-6,9-10,15,18,23H,3-4,7-8,11-14,16H2,1-2H3. The van der Waals surface area contributed by atoms with Gasteiger partial charge in [-0.05, 0) is 44.9 Å². The van der Waals surface area contributed by atoms with E-state index in [0.29, 0.717) is 18.0 Å². The maximum atomic E-state index is 13.1. The number of aromatic nitrogens is 1. The molecule has 4 nitrogen and oxygen atoms in total. The lowest BCUT2D eigenvalue weighted by atomic mass is 9.79. The average Bonchev–Trinajstić information content (AvgIpc) is 3.19. The van der Waals surface area contributed by atoms with E-state index in [1.807, 2.05) is 18.3 Å². The fourth-order valence-electron chi connectivity index (χ4n) is 5.35. The monoisotopic (exact) mass is 353 g/mol. The van der Waals surface area contributed by atoms with Crippen molar-refractivity contribution in [2.75, 3.05) is 20.1 Å². The van der Waals surface area contributed by atoms with E-state index in [2.05, 4.69) is 40.9 Å². The minimum absolute atomic E-state index is 0.267. The van der Waals surface area contributed by atoms with Gasteiger partial charge in [-0.25, -0.2) is 0 Å². The van der Waals surface area contributed by atoms with Crippen LogP contribution in [0.4, 0.5) is 0 Å². The van der Waals surface area contributed by atoms with Crippen LogP contribution in [0.15, 0.2) is 30.5 Å². The van der Waals surface area contributed by atoms with Crippen LogP contribution < -0.4 is 0 Å². The van der Waals surface area contributed by atoms with Crippen LogP contribution in [0.25, 0.3) is 10.9 Å². The number of amides is 1. The summed E-state index contributed by atoms with van der Waals surface area (Å²) < 4.78 is 0. The predicted molar refractivity (Wildman–Crippen MR) is 106 cm³/mol. The molecule has 2 aliphatic rings. The second-order valence-corrected chi connectivity index (χ2v) is 8.24. The summed E-state index contributed by atoms with van der Waals surface area (Å²) in [7, 11) is 2.27. The quantitative estimate of drug-likeness (QED) is 0.903. The van der Waals surface area contributed by atoms with Gasteiger partial charge in [0.1, 0.15) is 0 Å². The number of H-pyrrole nitrogens is 1. The van der Waals surface area contributed by atoms with Gasteiger partial charge < -0.3 is 9.88 Å². The number of carbonyl (C=O) groups excluding carboxylic acids is 1. The highest BCUT2D eigenvalue weighted by atomic mass is 16.2. The molecule has 1 atom stereocenters. The number of likely N-dealkylation sites (tertiary alicyclic amines) is 1. The third kappa shape index (κ3) is 3.05. The number of nitrogens with zero attached hydrogens (tertiary/aromatic N) is 2. The summed E-state index contributed by atoms with van der Waals surface area (Å²) >= 11 is 0. The Morgan fingerprint density at radius 1 is 1.27 bits per heavy atom. The van der Waals surface area contributed by atoms with Crippen molar-refractivity contribution in [2.45, 2.75) is 63.5 Å². The molecule has 4 heteroatoms. The third-order valence-electron chi connectivity index (χ3n) is 6.81. The minimum atomic E-state index is 0.267. The Bertz CT molecular complexity index is 775. The molecule has 26 heavy (non-hydrogen) atoms. The maximum absolute atomic E-state index is 13.1. The van der Waals surface area contributed by atoms with Crippen LogP contribution in [0.3, 0.4) is 0 Å². The molecule has 2 heterocycles. The lowest BCUT2D eigenvalue weighted by molar-refractivity contribution is -0.132. The van der Waals surface area contributed by atoms with Gasteiger partial charge >= 0.3 is 0 Å². The average molecular weight is 354 g/mol. The molecule has 1 amide bonds. The number of benzene rings is 1. The summed E-state index contributed by atoms with van der Waals surface area (Å²) in [6.07, 6.45) is 10.3. The number of fused-ring (bicyclic) bond motifs is 1. The molecule has 1 saturated carbocycles. The SMILES string of the molecule is CCN(C(=O)Cc1c[nH]c2ccccc12)C1CN(C)C2(CCCCC2)C1. The van der Waals surface area contributed by atoms with E-state index in [1.165, 1.54) is 37.5 Å². The number of aromatic amines is 1. The fourth-order valence-corrected chi connectivity index (χ4v) is 5.35. The molecule has 140 valence electrons. The largest absolute Gasteiger partial charge is 0.361 e. The molecule has 2 fully saturated rings. The van der Waals surface area contributed by atoms with Crippen molar-refractivity contribution in [3.05, 3.63) is 36.0 Å². The normalized spacial score (nSPS) is 22.9. The molecule has 0 radical (unpaired) electrons. The zero-order valence-corrected chi connectivity index (χ0v) is 16.1. The van der Waals surface area contributed by atoms with Gasteiger partial charge in [-0.15, -0.1) is 0 Å². The molecule has 1 spiro atoms. The van der Waals surface area contributed by atoms with E-state index in [9.17, 15) is 4.79 Å². The van der Waals surface area contributed by atoms with E-state index < -0.39 is 0 Å². The van der Waals surface area contributed by atoms with Gasteiger partial charge in [0, 0.05) is 41.8 Å². The number of nitrogens with one attached hydrogen (secondary N) is 1. The summed E-state index contributed by atoms with van der Waals surface area (Å²) in [5, 5.41) is 1.17. The highest BCUT2D eigenvalue weighted by Gasteiger charge is 2.46. The van der Waals surface area contributed by atoms with Crippen LogP contribution in [-0.4, -0.2) is 52.4 Å². The second kappa shape index (κ2) is 7.07. The second-order valence-electron chi connectivity index (χ2n) is 8.24. The number of para-hydroxylation sites is 1. The van der Waals surface area contributed by atoms with Crippen molar-refractivity contribution < 1.29 is 4.79 Å². The van der Waals surface area contributed by atoms with Crippen molar-refractivity contribution in [3.8, 4) is 0 Å². The Hall–Kier alpha value is -1.81. The molecule has 0 bridgehead atoms. The number of likely N-dealkylation sites (N-methyl/N-ethyl adjacent to an activating group) is 2. The van der Waals surface area contributed by atoms with Gasteiger partial charge in [0.15, 0.2) is 0 Å². The molecular formula is C22H31N3O. The molecule has 2 aromatic rings. The molecular weight excluding hydrogens is 322 g/mol. The van der Waals surface area contributed by atoms with Crippen LogP contribution in [-0.2, 0) is 11.2 Å². The molecule has 1 unspecified atom stereocenters. The van der Waals surface area contributed by atoms with Crippen molar-refractivity contribution in [1.29, 1.82) is 0 Å². The Balaban J connectivity index is 1.49.